The Kier molecular flexibility index (Phi) is 4.38. The summed E-state index contributed by atoms with van der Waals surface area (Å²) in [5.41, 5.74) is 3.18. The van der Waals surface area contributed by atoms with Gasteiger partial charge < -0.3 is 10.8 Å². The molecule has 1 aromatic carbocycles. The molecule has 19 heavy (non-hydrogen) atoms. The van der Waals surface area contributed by atoms with E-state index in [2.05, 4.69) is 0 Å². The molecule has 0 aliphatic carbocycles. The van der Waals surface area contributed by atoms with Crippen LogP contribution in [-0.4, -0.2) is 17.4 Å². The number of hydrogen-bond donors (Lipinski definition) is 2. The molecule has 0 aliphatic heterocycles. The lowest BCUT2D eigenvalue weighted by molar-refractivity contribution is -0.210. The second-order valence-corrected chi connectivity index (χ2v) is 4.10. The lowest BCUT2D eigenvalue weighted by atomic mass is 9.99. The van der Waals surface area contributed by atoms with E-state index in [1.807, 2.05) is 0 Å². The summed E-state index contributed by atoms with van der Waals surface area (Å²) in [4.78, 5) is 0. The first-order chi connectivity index (χ1) is 8.46. The molecule has 0 saturated carbocycles. The Bertz CT molecular complexity index is 458. The zero-order valence-corrected chi connectivity index (χ0v) is 9.81. The highest BCUT2D eigenvalue weighted by Gasteiger charge is 2.44. The van der Waals surface area contributed by atoms with Gasteiger partial charge in [0.05, 0.1) is 16.6 Å². The maximum Gasteiger partial charge on any atom is 0.417 e. The summed E-state index contributed by atoms with van der Waals surface area (Å²) in [6.07, 6.45) is -12.9. The highest BCUT2D eigenvalue weighted by atomic mass is 35.5. The van der Waals surface area contributed by atoms with Gasteiger partial charge in [0, 0.05) is 0 Å². The molecule has 2 nitrogen and oxygen atoms in total. The molecular formula is C10H8ClF6NO. The van der Waals surface area contributed by atoms with E-state index >= 15 is 0 Å². The molecule has 3 N–H and O–H groups in total. The Morgan fingerprint density at radius 3 is 2.05 bits per heavy atom. The third-order valence-electron chi connectivity index (χ3n) is 2.37. The first-order valence-corrected chi connectivity index (χ1v) is 5.20. The molecule has 0 unspecified atom stereocenters. The molecule has 0 bridgehead atoms. The lowest BCUT2D eigenvalue weighted by Crippen LogP contribution is -2.39. The minimum Gasteiger partial charge on any atom is -0.382 e. The number of aliphatic hydroxyl groups excluding tert-OH is 1. The van der Waals surface area contributed by atoms with Crippen molar-refractivity contribution in [2.45, 2.75) is 24.5 Å². The van der Waals surface area contributed by atoms with E-state index in [1.165, 1.54) is 0 Å². The Balaban J connectivity index is 3.23. The van der Waals surface area contributed by atoms with Crippen LogP contribution < -0.4 is 5.73 Å². The third-order valence-corrected chi connectivity index (χ3v) is 2.79. The number of alkyl halides is 6. The van der Waals surface area contributed by atoms with Crippen LogP contribution in [0.5, 0.6) is 0 Å². The topological polar surface area (TPSA) is 46.2 Å². The van der Waals surface area contributed by atoms with E-state index in [0.29, 0.717) is 6.07 Å². The lowest BCUT2D eigenvalue weighted by Gasteiger charge is -2.23. The van der Waals surface area contributed by atoms with Crippen molar-refractivity contribution in [1.29, 1.82) is 0 Å². The number of halogens is 7. The molecule has 0 saturated heterocycles. The molecule has 0 aliphatic rings. The number of nitrogens with two attached hydrogens (primary N) is 1. The number of aliphatic hydroxyl groups is 1. The molecule has 0 aromatic heterocycles. The van der Waals surface area contributed by atoms with Crippen LogP contribution in [0.2, 0.25) is 5.02 Å². The summed E-state index contributed by atoms with van der Waals surface area (Å²) in [5.74, 6) is 0. The molecule has 2 atom stereocenters. The first kappa shape index (κ1) is 16.1. The van der Waals surface area contributed by atoms with E-state index in [0.717, 1.165) is 12.1 Å². The normalized spacial score (nSPS) is 16.3. The maximum atomic E-state index is 12.5. The zero-order valence-electron chi connectivity index (χ0n) is 9.06. The number of rotatable bonds is 2. The summed E-state index contributed by atoms with van der Waals surface area (Å²) in [7, 11) is 0. The molecule has 0 radical (unpaired) electrons. The van der Waals surface area contributed by atoms with Crippen LogP contribution in [0.25, 0.3) is 0 Å². The van der Waals surface area contributed by atoms with E-state index < -0.39 is 40.6 Å². The minimum atomic E-state index is -5.06. The van der Waals surface area contributed by atoms with Gasteiger partial charge in [-0.15, -0.1) is 0 Å². The van der Waals surface area contributed by atoms with E-state index in [9.17, 15) is 26.3 Å². The molecule has 108 valence electrons. The molecule has 1 rings (SSSR count). The van der Waals surface area contributed by atoms with Gasteiger partial charge in [0.2, 0.25) is 0 Å². The van der Waals surface area contributed by atoms with Gasteiger partial charge in [-0.2, -0.15) is 26.3 Å². The summed E-state index contributed by atoms with van der Waals surface area (Å²) in [5, 5.41) is 7.98. The third kappa shape index (κ3) is 3.52. The van der Waals surface area contributed by atoms with Gasteiger partial charge in [-0.25, -0.2) is 0 Å². The standard InChI is InChI=1S/C10H8ClF6NO/c11-6-4(7(18)8(19)10(15,16)17)2-1-3-5(6)9(12,13)14/h1-3,7-8,19H,18H2/t7-,8-/m0/s1. The van der Waals surface area contributed by atoms with E-state index in [1.54, 1.807) is 0 Å². The van der Waals surface area contributed by atoms with Crippen LogP contribution in [0.3, 0.4) is 0 Å². The predicted octanol–water partition coefficient (Wildman–Crippen LogP) is 3.28. The van der Waals surface area contributed by atoms with Gasteiger partial charge in [0.1, 0.15) is 0 Å². The zero-order chi connectivity index (χ0) is 15.0. The fraction of sp³-hybridized carbons (Fsp3) is 0.400. The Morgan fingerprint density at radius 2 is 1.63 bits per heavy atom. The van der Waals surface area contributed by atoms with Crippen LogP contribution in [0.4, 0.5) is 26.3 Å². The Morgan fingerprint density at radius 1 is 1.11 bits per heavy atom. The monoisotopic (exact) mass is 307 g/mol. The van der Waals surface area contributed by atoms with Crippen molar-refractivity contribution >= 4 is 11.6 Å². The average molecular weight is 308 g/mol. The second-order valence-electron chi connectivity index (χ2n) is 3.72. The molecule has 0 spiro atoms. The van der Waals surface area contributed by atoms with Crippen molar-refractivity contribution < 1.29 is 31.4 Å². The van der Waals surface area contributed by atoms with Crippen LogP contribution in [-0.2, 0) is 6.18 Å². The van der Waals surface area contributed by atoms with Crippen LogP contribution in [0.15, 0.2) is 18.2 Å². The van der Waals surface area contributed by atoms with Crippen molar-refractivity contribution in [1.82, 2.24) is 0 Å². The molecule has 0 heterocycles. The average Bonchev–Trinajstić information content (AvgIpc) is 2.24. The molecule has 1 aromatic rings. The van der Waals surface area contributed by atoms with Gasteiger partial charge in [0.25, 0.3) is 0 Å². The minimum absolute atomic E-state index is 0.610. The van der Waals surface area contributed by atoms with Crippen molar-refractivity contribution in [3.63, 3.8) is 0 Å². The van der Waals surface area contributed by atoms with Crippen LogP contribution in [0.1, 0.15) is 17.2 Å². The van der Waals surface area contributed by atoms with Crippen molar-refractivity contribution in [2.24, 2.45) is 5.73 Å². The fourth-order valence-electron chi connectivity index (χ4n) is 1.40. The second kappa shape index (κ2) is 5.18. The fourth-order valence-corrected chi connectivity index (χ4v) is 1.76. The summed E-state index contributed by atoms with van der Waals surface area (Å²) in [6.45, 7) is 0. The largest absolute Gasteiger partial charge is 0.417 e. The summed E-state index contributed by atoms with van der Waals surface area (Å²) >= 11 is 5.40. The molecule has 0 fully saturated rings. The molecule has 9 heteroatoms. The van der Waals surface area contributed by atoms with E-state index in [-0.39, 0.29) is 0 Å². The summed E-state index contributed by atoms with van der Waals surface area (Å²) < 4.78 is 74.3. The van der Waals surface area contributed by atoms with Crippen LogP contribution in [0, 0.1) is 0 Å². The molecular weight excluding hydrogens is 300 g/mol. The number of benzene rings is 1. The van der Waals surface area contributed by atoms with Gasteiger partial charge in [-0.05, 0) is 11.6 Å². The highest BCUT2D eigenvalue weighted by Crippen LogP contribution is 2.39. The predicted molar refractivity (Wildman–Crippen MR) is 55.4 cm³/mol. The highest BCUT2D eigenvalue weighted by molar-refractivity contribution is 6.32. The van der Waals surface area contributed by atoms with Gasteiger partial charge in [-0.1, -0.05) is 23.7 Å². The maximum absolute atomic E-state index is 12.5. The number of hydrogen-bond acceptors (Lipinski definition) is 2. The SMILES string of the molecule is N[C@@H](c1cccc(C(F)(F)F)c1Cl)[C@H](O)C(F)(F)F. The Labute approximate surface area is 108 Å². The quantitative estimate of drug-likeness (QED) is 0.824. The van der Waals surface area contributed by atoms with Gasteiger partial charge >= 0.3 is 12.4 Å². The summed E-state index contributed by atoms with van der Waals surface area (Å²) in [6, 6.07) is 0.276. The first-order valence-electron chi connectivity index (χ1n) is 4.82. The van der Waals surface area contributed by atoms with Gasteiger partial charge in [-0.3, -0.25) is 0 Å². The van der Waals surface area contributed by atoms with Crippen molar-refractivity contribution in [2.75, 3.05) is 0 Å². The smallest absolute Gasteiger partial charge is 0.382 e. The Hall–Kier alpha value is -0.990. The van der Waals surface area contributed by atoms with E-state index in [4.69, 9.17) is 22.4 Å². The van der Waals surface area contributed by atoms with Crippen molar-refractivity contribution in [3.8, 4) is 0 Å². The van der Waals surface area contributed by atoms with Crippen LogP contribution >= 0.6 is 11.6 Å². The van der Waals surface area contributed by atoms with Gasteiger partial charge in [0.15, 0.2) is 6.10 Å². The van der Waals surface area contributed by atoms with Crippen molar-refractivity contribution in [3.05, 3.63) is 34.3 Å². The molecule has 0 amide bonds.